The van der Waals surface area contributed by atoms with Crippen LogP contribution in [0.1, 0.15) is 12.5 Å². The van der Waals surface area contributed by atoms with Crippen LogP contribution in [-0.4, -0.2) is 9.97 Å². The Morgan fingerprint density at radius 1 is 1.22 bits per heavy atom. The molecule has 3 N–H and O–H groups in total. The Hall–Kier alpha value is -1.14. The second kappa shape index (κ2) is 5.67. The van der Waals surface area contributed by atoms with E-state index in [-0.39, 0.29) is 0 Å². The molecule has 6 heteroatoms. The van der Waals surface area contributed by atoms with Gasteiger partial charge in [-0.15, -0.1) is 0 Å². The molecular weight excluding hydrogens is 360 g/mol. The van der Waals surface area contributed by atoms with E-state index in [1.54, 1.807) is 0 Å². The van der Waals surface area contributed by atoms with E-state index in [0.29, 0.717) is 5.82 Å². The standard InChI is InChI=1S/C12H12Br2N4/c1-2-7-11(15)16-6-17-12(7)18-10-8(13)4-3-5-9(10)14/h3-6H,2H2,1H3,(H3,15,16,17,18). The molecule has 18 heavy (non-hydrogen) atoms. The number of hydrogen-bond acceptors (Lipinski definition) is 4. The SMILES string of the molecule is CCc1c(N)ncnc1Nc1c(Br)cccc1Br. The summed E-state index contributed by atoms with van der Waals surface area (Å²) in [5.41, 5.74) is 7.69. The van der Waals surface area contributed by atoms with Crippen molar-refractivity contribution in [3.63, 3.8) is 0 Å². The van der Waals surface area contributed by atoms with Gasteiger partial charge in [0.15, 0.2) is 0 Å². The van der Waals surface area contributed by atoms with Crippen LogP contribution in [-0.2, 0) is 6.42 Å². The predicted octanol–water partition coefficient (Wildman–Crippen LogP) is 3.89. The third kappa shape index (κ3) is 2.64. The largest absolute Gasteiger partial charge is 0.383 e. The second-order valence-electron chi connectivity index (χ2n) is 3.66. The minimum atomic E-state index is 0.512. The van der Waals surface area contributed by atoms with E-state index in [2.05, 4.69) is 47.1 Å². The van der Waals surface area contributed by atoms with Crippen molar-refractivity contribution < 1.29 is 0 Å². The Morgan fingerprint density at radius 2 is 1.89 bits per heavy atom. The van der Waals surface area contributed by atoms with Crippen molar-refractivity contribution in [2.45, 2.75) is 13.3 Å². The van der Waals surface area contributed by atoms with Gasteiger partial charge in [0.05, 0.1) is 5.69 Å². The summed E-state index contributed by atoms with van der Waals surface area (Å²) >= 11 is 7.00. The molecule has 1 aromatic heterocycles. The molecule has 0 aliphatic heterocycles. The highest BCUT2D eigenvalue weighted by molar-refractivity contribution is 9.11. The lowest BCUT2D eigenvalue weighted by atomic mass is 10.2. The molecule has 2 aromatic rings. The third-order valence-electron chi connectivity index (χ3n) is 2.54. The van der Waals surface area contributed by atoms with Gasteiger partial charge in [-0.1, -0.05) is 13.0 Å². The van der Waals surface area contributed by atoms with Crippen molar-refractivity contribution in [3.05, 3.63) is 39.0 Å². The molecule has 4 nitrogen and oxygen atoms in total. The molecule has 0 aliphatic carbocycles. The highest BCUT2D eigenvalue weighted by Crippen LogP contribution is 2.33. The van der Waals surface area contributed by atoms with Gasteiger partial charge in [-0.05, 0) is 50.4 Å². The molecule has 2 rings (SSSR count). The first-order valence-electron chi connectivity index (χ1n) is 5.43. The van der Waals surface area contributed by atoms with Gasteiger partial charge in [-0.2, -0.15) is 0 Å². The minimum absolute atomic E-state index is 0.512. The molecular formula is C12H12Br2N4. The van der Waals surface area contributed by atoms with Crippen LogP contribution in [0.4, 0.5) is 17.3 Å². The molecule has 0 spiro atoms. The number of nitrogens with one attached hydrogen (secondary N) is 1. The lowest BCUT2D eigenvalue weighted by molar-refractivity contribution is 1.06. The average Bonchev–Trinajstić information content (AvgIpc) is 2.34. The van der Waals surface area contributed by atoms with Crippen LogP contribution in [0, 0.1) is 0 Å². The molecule has 0 aliphatic rings. The second-order valence-corrected chi connectivity index (χ2v) is 5.37. The van der Waals surface area contributed by atoms with Crippen LogP contribution in [0.5, 0.6) is 0 Å². The first-order chi connectivity index (χ1) is 8.63. The van der Waals surface area contributed by atoms with E-state index in [1.165, 1.54) is 6.33 Å². The van der Waals surface area contributed by atoms with Gasteiger partial charge in [0.1, 0.15) is 18.0 Å². The zero-order chi connectivity index (χ0) is 13.1. The Balaban J connectivity index is 2.43. The van der Waals surface area contributed by atoms with Crippen LogP contribution in [0.3, 0.4) is 0 Å². The summed E-state index contributed by atoms with van der Waals surface area (Å²) in [6, 6.07) is 5.88. The molecule has 0 atom stereocenters. The lowest BCUT2D eigenvalue weighted by Crippen LogP contribution is -2.05. The van der Waals surface area contributed by atoms with E-state index >= 15 is 0 Å². The van der Waals surface area contributed by atoms with E-state index in [4.69, 9.17) is 5.73 Å². The van der Waals surface area contributed by atoms with Gasteiger partial charge in [0, 0.05) is 14.5 Å². The lowest BCUT2D eigenvalue weighted by Gasteiger charge is -2.13. The smallest absolute Gasteiger partial charge is 0.139 e. The summed E-state index contributed by atoms with van der Waals surface area (Å²) in [6.07, 6.45) is 2.23. The number of halogens is 2. The Kier molecular flexibility index (Phi) is 4.19. The summed E-state index contributed by atoms with van der Waals surface area (Å²) < 4.78 is 1.91. The van der Waals surface area contributed by atoms with Gasteiger partial charge >= 0.3 is 0 Å². The van der Waals surface area contributed by atoms with Crippen LogP contribution in [0.25, 0.3) is 0 Å². The first-order valence-corrected chi connectivity index (χ1v) is 7.02. The topological polar surface area (TPSA) is 63.8 Å². The number of nitrogens with two attached hydrogens (primary N) is 1. The van der Waals surface area contributed by atoms with Crippen molar-refractivity contribution in [1.82, 2.24) is 9.97 Å². The fourth-order valence-corrected chi connectivity index (χ4v) is 2.81. The molecule has 0 unspecified atom stereocenters. The first kappa shape index (κ1) is 13.3. The number of nitrogens with zero attached hydrogens (tertiary/aromatic N) is 2. The molecule has 0 saturated carbocycles. The fraction of sp³-hybridized carbons (Fsp3) is 0.167. The maximum atomic E-state index is 5.85. The summed E-state index contributed by atoms with van der Waals surface area (Å²) in [6.45, 7) is 2.02. The summed E-state index contributed by atoms with van der Waals surface area (Å²) in [7, 11) is 0. The van der Waals surface area contributed by atoms with Gasteiger partial charge in [0.25, 0.3) is 0 Å². The van der Waals surface area contributed by atoms with E-state index in [0.717, 1.165) is 32.4 Å². The third-order valence-corrected chi connectivity index (χ3v) is 3.86. The highest BCUT2D eigenvalue weighted by Gasteiger charge is 2.10. The molecule has 0 radical (unpaired) electrons. The number of benzene rings is 1. The van der Waals surface area contributed by atoms with E-state index < -0.39 is 0 Å². The predicted molar refractivity (Wildman–Crippen MR) is 80.9 cm³/mol. The highest BCUT2D eigenvalue weighted by atomic mass is 79.9. The van der Waals surface area contributed by atoms with Crippen molar-refractivity contribution in [1.29, 1.82) is 0 Å². The maximum Gasteiger partial charge on any atom is 0.139 e. The number of nitrogen functional groups attached to an aromatic ring is 1. The summed E-state index contributed by atoms with van der Waals surface area (Å²) in [4.78, 5) is 8.24. The van der Waals surface area contributed by atoms with Crippen LogP contribution >= 0.6 is 31.9 Å². The molecule has 0 bridgehead atoms. The number of hydrogen-bond donors (Lipinski definition) is 2. The van der Waals surface area contributed by atoms with Gasteiger partial charge in [-0.3, -0.25) is 0 Å². The number of para-hydroxylation sites is 1. The quantitative estimate of drug-likeness (QED) is 0.858. The van der Waals surface area contributed by atoms with Crippen LogP contribution < -0.4 is 11.1 Å². The minimum Gasteiger partial charge on any atom is -0.383 e. The number of rotatable bonds is 3. The Bertz CT molecular complexity index is 552. The monoisotopic (exact) mass is 370 g/mol. The van der Waals surface area contributed by atoms with Crippen molar-refractivity contribution in [2.24, 2.45) is 0 Å². The van der Waals surface area contributed by atoms with E-state index in [1.807, 2.05) is 25.1 Å². The molecule has 0 amide bonds. The zero-order valence-electron chi connectivity index (χ0n) is 9.74. The normalized spacial score (nSPS) is 10.4. The van der Waals surface area contributed by atoms with Crippen molar-refractivity contribution in [3.8, 4) is 0 Å². The summed E-state index contributed by atoms with van der Waals surface area (Å²) in [5.74, 6) is 1.25. The molecule has 0 saturated heterocycles. The molecule has 94 valence electrons. The van der Waals surface area contributed by atoms with Gasteiger partial charge < -0.3 is 11.1 Å². The Morgan fingerprint density at radius 3 is 2.50 bits per heavy atom. The fourth-order valence-electron chi connectivity index (χ4n) is 1.62. The summed E-state index contributed by atoms with van der Waals surface area (Å²) in [5, 5.41) is 3.28. The van der Waals surface area contributed by atoms with Crippen LogP contribution in [0.2, 0.25) is 0 Å². The van der Waals surface area contributed by atoms with E-state index in [9.17, 15) is 0 Å². The molecule has 1 heterocycles. The maximum absolute atomic E-state index is 5.85. The number of anilines is 3. The Labute approximate surface area is 122 Å². The van der Waals surface area contributed by atoms with Crippen LogP contribution in [0.15, 0.2) is 33.5 Å². The molecule has 1 aromatic carbocycles. The van der Waals surface area contributed by atoms with Crippen molar-refractivity contribution in [2.75, 3.05) is 11.1 Å². The zero-order valence-corrected chi connectivity index (χ0v) is 12.9. The molecule has 0 fully saturated rings. The van der Waals surface area contributed by atoms with Gasteiger partial charge in [-0.25, -0.2) is 9.97 Å². The average molecular weight is 372 g/mol. The van der Waals surface area contributed by atoms with Gasteiger partial charge in [0.2, 0.25) is 0 Å². The number of aromatic nitrogens is 2. The van der Waals surface area contributed by atoms with Crippen molar-refractivity contribution >= 4 is 49.2 Å².